The Kier molecular flexibility index (Phi) is 4.56. The number of hydrogen-bond donors (Lipinski definition) is 1. The third-order valence-corrected chi connectivity index (χ3v) is 3.65. The predicted molar refractivity (Wildman–Crippen MR) is 77.6 cm³/mol. The van der Waals surface area contributed by atoms with Crippen LogP contribution in [0.4, 0.5) is 0 Å². The van der Waals surface area contributed by atoms with Crippen LogP contribution in [-0.4, -0.2) is 35.0 Å². The van der Waals surface area contributed by atoms with Crippen LogP contribution in [0.25, 0.3) is 6.08 Å². The van der Waals surface area contributed by atoms with Gasteiger partial charge in [0, 0.05) is 24.7 Å². The highest BCUT2D eigenvalue weighted by atomic mass is 16.4. The number of benzene rings is 1. The lowest BCUT2D eigenvalue weighted by molar-refractivity contribution is -0.131. The largest absolute Gasteiger partial charge is 0.478 e. The van der Waals surface area contributed by atoms with Crippen LogP contribution in [0.1, 0.15) is 40.7 Å². The van der Waals surface area contributed by atoms with E-state index in [9.17, 15) is 9.59 Å². The Labute approximate surface area is 118 Å². The summed E-state index contributed by atoms with van der Waals surface area (Å²) < 4.78 is 0. The summed E-state index contributed by atoms with van der Waals surface area (Å²) >= 11 is 0. The van der Waals surface area contributed by atoms with Crippen LogP contribution in [0, 0.1) is 6.92 Å². The molecule has 0 aliphatic carbocycles. The molecule has 2 rings (SSSR count). The van der Waals surface area contributed by atoms with E-state index >= 15 is 0 Å². The van der Waals surface area contributed by atoms with E-state index in [1.807, 2.05) is 24.0 Å². The van der Waals surface area contributed by atoms with Gasteiger partial charge >= 0.3 is 5.97 Å². The minimum Gasteiger partial charge on any atom is -0.478 e. The van der Waals surface area contributed by atoms with Crippen LogP contribution in [0.5, 0.6) is 0 Å². The summed E-state index contributed by atoms with van der Waals surface area (Å²) in [5.41, 5.74) is 2.27. The molecular formula is C16H19NO3. The molecule has 0 radical (unpaired) electrons. The van der Waals surface area contributed by atoms with Gasteiger partial charge in [-0.1, -0.05) is 12.1 Å². The highest BCUT2D eigenvalue weighted by molar-refractivity contribution is 5.97. The van der Waals surface area contributed by atoms with Crippen molar-refractivity contribution in [3.05, 3.63) is 41.0 Å². The lowest BCUT2D eigenvalue weighted by atomic mass is 10.00. The lowest BCUT2D eigenvalue weighted by Gasteiger charge is -2.27. The van der Waals surface area contributed by atoms with E-state index in [4.69, 9.17) is 5.11 Å². The van der Waals surface area contributed by atoms with Gasteiger partial charge in [-0.25, -0.2) is 4.79 Å². The van der Waals surface area contributed by atoms with E-state index in [-0.39, 0.29) is 5.91 Å². The number of carbonyl (C=O) groups is 2. The van der Waals surface area contributed by atoms with Gasteiger partial charge in [-0.3, -0.25) is 4.79 Å². The number of amides is 1. The fraction of sp³-hybridized carbons (Fsp3) is 0.375. The Morgan fingerprint density at radius 2 is 1.90 bits per heavy atom. The molecule has 20 heavy (non-hydrogen) atoms. The second kappa shape index (κ2) is 6.37. The summed E-state index contributed by atoms with van der Waals surface area (Å²) in [6.07, 6.45) is 5.93. The van der Waals surface area contributed by atoms with Crippen molar-refractivity contribution < 1.29 is 14.7 Å². The van der Waals surface area contributed by atoms with Gasteiger partial charge in [0.15, 0.2) is 0 Å². The molecule has 0 unspecified atom stereocenters. The van der Waals surface area contributed by atoms with Gasteiger partial charge in [0.1, 0.15) is 0 Å². The first-order valence-corrected chi connectivity index (χ1v) is 6.89. The van der Waals surface area contributed by atoms with Crippen molar-refractivity contribution in [2.24, 2.45) is 0 Å². The fourth-order valence-corrected chi connectivity index (χ4v) is 2.49. The van der Waals surface area contributed by atoms with Gasteiger partial charge in [0.05, 0.1) is 0 Å². The molecule has 1 aliphatic heterocycles. The monoisotopic (exact) mass is 273 g/mol. The van der Waals surface area contributed by atoms with Gasteiger partial charge in [-0.05, 0) is 49.5 Å². The number of aliphatic carboxylic acids is 1. The first kappa shape index (κ1) is 14.3. The van der Waals surface area contributed by atoms with Crippen molar-refractivity contribution in [2.75, 3.05) is 13.1 Å². The molecule has 106 valence electrons. The van der Waals surface area contributed by atoms with Crippen LogP contribution in [0.2, 0.25) is 0 Å². The SMILES string of the molecule is Cc1c(C=CC(=O)O)cccc1C(=O)N1CCCCC1. The zero-order valence-electron chi connectivity index (χ0n) is 11.6. The number of carbonyl (C=O) groups excluding carboxylic acids is 1. The summed E-state index contributed by atoms with van der Waals surface area (Å²) in [5, 5.41) is 8.69. The van der Waals surface area contributed by atoms with Crippen molar-refractivity contribution in [3.63, 3.8) is 0 Å². The van der Waals surface area contributed by atoms with Gasteiger partial charge in [-0.15, -0.1) is 0 Å². The van der Waals surface area contributed by atoms with Gasteiger partial charge < -0.3 is 10.0 Å². The third kappa shape index (κ3) is 3.26. The molecule has 4 nitrogen and oxygen atoms in total. The molecule has 0 saturated carbocycles. The topological polar surface area (TPSA) is 57.6 Å². The normalized spacial score (nSPS) is 15.6. The molecule has 1 amide bonds. The summed E-state index contributed by atoms with van der Waals surface area (Å²) in [5.74, 6) is -0.940. The molecule has 1 aromatic carbocycles. The minimum atomic E-state index is -0.989. The van der Waals surface area contributed by atoms with Crippen LogP contribution >= 0.6 is 0 Å². The van der Waals surface area contributed by atoms with Crippen LogP contribution in [0.3, 0.4) is 0 Å². The number of piperidine rings is 1. The van der Waals surface area contributed by atoms with E-state index in [2.05, 4.69) is 0 Å². The van der Waals surface area contributed by atoms with E-state index < -0.39 is 5.97 Å². The van der Waals surface area contributed by atoms with E-state index in [1.54, 1.807) is 6.07 Å². The van der Waals surface area contributed by atoms with Gasteiger partial charge in [-0.2, -0.15) is 0 Å². The van der Waals surface area contributed by atoms with Crippen molar-refractivity contribution >= 4 is 18.0 Å². The average Bonchev–Trinajstić information content (AvgIpc) is 2.46. The lowest BCUT2D eigenvalue weighted by Crippen LogP contribution is -2.36. The highest BCUT2D eigenvalue weighted by Gasteiger charge is 2.20. The summed E-state index contributed by atoms with van der Waals surface area (Å²) in [6, 6.07) is 5.43. The quantitative estimate of drug-likeness (QED) is 0.861. The van der Waals surface area contributed by atoms with Gasteiger partial charge in [0.2, 0.25) is 0 Å². The third-order valence-electron chi connectivity index (χ3n) is 3.65. The second-order valence-corrected chi connectivity index (χ2v) is 5.04. The molecule has 0 spiro atoms. The Morgan fingerprint density at radius 3 is 2.55 bits per heavy atom. The van der Waals surface area contributed by atoms with Crippen LogP contribution in [-0.2, 0) is 4.79 Å². The number of nitrogens with zero attached hydrogens (tertiary/aromatic N) is 1. The summed E-state index contributed by atoms with van der Waals surface area (Å²) in [7, 11) is 0. The average molecular weight is 273 g/mol. The molecule has 0 bridgehead atoms. The Balaban J connectivity index is 2.25. The minimum absolute atomic E-state index is 0.0489. The van der Waals surface area contributed by atoms with Crippen molar-refractivity contribution in [1.29, 1.82) is 0 Å². The molecule has 1 aliphatic rings. The highest BCUT2D eigenvalue weighted by Crippen LogP contribution is 2.19. The van der Waals surface area contributed by atoms with Gasteiger partial charge in [0.25, 0.3) is 5.91 Å². The van der Waals surface area contributed by atoms with E-state index in [1.165, 1.54) is 12.5 Å². The van der Waals surface area contributed by atoms with Crippen molar-refractivity contribution in [1.82, 2.24) is 4.90 Å². The van der Waals surface area contributed by atoms with E-state index in [0.29, 0.717) is 5.56 Å². The molecule has 1 saturated heterocycles. The standard InChI is InChI=1S/C16H19NO3/c1-12-13(8-9-15(18)19)6-5-7-14(12)16(20)17-10-3-2-4-11-17/h5-9H,2-4,10-11H2,1H3,(H,18,19). The smallest absolute Gasteiger partial charge is 0.328 e. The maximum Gasteiger partial charge on any atom is 0.328 e. The maximum absolute atomic E-state index is 12.5. The first-order chi connectivity index (χ1) is 9.59. The zero-order valence-corrected chi connectivity index (χ0v) is 11.6. The molecule has 0 atom stereocenters. The molecule has 4 heteroatoms. The molecular weight excluding hydrogens is 254 g/mol. The second-order valence-electron chi connectivity index (χ2n) is 5.04. The molecule has 1 N–H and O–H groups in total. The predicted octanol–water partition coefficient (Wildman–Crippen LogP) is 2.72. The maximum atomic E-state index is 12.5. The van der Waals surface area contributed by atoms with Crippen molar-refractivity contribution in [3.8, 4) is 0 Å². The number of carboxylic acid groups (broad SMARTS) is 1. The number of likely N-dealkylation sites (tertiary alicyclic amines) is 1. The number of hydrogen-bond acceptors (Lipinski definition) is 2. The molecule has 1 heterocycles. The zero-order chi connectivity index (χ0) is 14.5. The molecule has 1 fully saturated rings. The van der Waals surface area contributed by atoms with Crippen LogP contribution in [0.15, 0.2) is 24.3 Å². The van der Waals surface area contributed by atoms with Crippen LogP contribution < -0.4 is 0 Å². The number of rotatable bonds is 3. The molecule has 0 aromatic heterocycles. The first-order valence-electron chi connectivity index (χ1n) is 6.89. The Hall–Kier alpha value is -2.10. The Bertz CT molecular complexity index is 543. The fourth-order valence-electron chi connectivity index (χ4n) is 2.49. The van der Waals surface area contributed by atoms with E-state index in [0.717, 1.165) is 43.1 Å². The summed E-state index contributed by atoms with van der Waals surface area (Å²) in [6.45, 7) is 3.49. The summed E-state index contributed by atoms with van der Waals surface area (Å²) in [4.78, 5) is 25.0. The molecule has 1 aromatic rings. The Morgan fingerprint density at radius 1 is 1.20 bits per heavy atom. The van der Waals surface area contributed by atoms with Crippen molar-refractivity contribution in [2.45, 2.75) is 26.2 Å². The number of carboxylic acids is 1.